The second kappa shape index (κ2) is 6.81. The van der Waals surface area contributed by atoms with Crippen LogP contribution in [0.2, 0.25) is 0 Å². The summed E-state index contributed by atoms with van der Waals surface area (Å²) in [6, 6.07) is 3.63. The fourth-order valence-electron chi connectivity index (χ4n) is 1.89. The molecule has 1 aliphatic heterocycles. The number of ether oxygens (including phenoxy) is 2. The number of amides is 1. The summed E-state index contributed by atoms with van der Waals surface area (Å²) in [6.07, 6.45) is 1.81. The number of methoxy groups -OCH3 is 2. The van der Waals surface area contributed by atoms with Crippen molar-refractivity contribution >= 4 is 56.2 Å². The van der Waals surface area contributed by atoms with E-state index >= 15 is 0 Å². The van der Waals surface area contributed by atoms with Gasteiger partial charge in [-0.3, -0.25) is 9.69 Å². The maximum Gasteiger partial charge on any atom is 0.266 e. The molecule has 1 aromatic carbocycles. The Hall–Kier alpha value is -1.05. The maximum absolute atomic E-state index is 12.2. The Labute approximate surface area is 141 Å². The van der Waals surface area contributed by atoms with E-state index in [0.717, 1.165) is 10.0 Å². The van der Waals surface area contributed by atoms with E-state index in [2.05, 4.69) is 15.9 Å². The molecule has 1 aliphatic rings. The van der Waals surface area contributed by atoms with Gasteiger partial charge < -0.3 is 9.47 Å². The van der Waals surface area contributed by atoms with Gasteiger partial charge in [0.25, 0.3) is 5.91 Å². The first-order valence-corrected chi connectivity index (χ1v) is 8.20. The smallest absolute Gasteiger partial charge is 0.266 e. The Morgan fingerprint density at radius 2 is 1.95 bits per heavy atom. The molecule has 0 aromatic heterocycles. The Kier molecular flexibility index (Phi) is 5.29. The van der Waals surface area contributed by atoms with E-state index in [0.29, 0.717) is 27.3 Å². The van der Waals surface area contributed by atoms with E-state index in [1.54, 1.807) is 25.2 Å². The molecule has 4 nitrogen and oxygen atoms in total. The molecule has 0 radical (unpaired) electrons. The highest BCUT2D eigenvalue weighted by Crippen LogP contribution is 2.37. The highest BCUT2D eigenvalue weighted by atomic mass is 79.9. The van der Waals surface area contributed by atoms with Crippen LogP contribution in [0.15, 0.2) is 21.5 Å². The van der Waals surface area contributed by atoms with Crippen molar-refractivity contribution in [3.8, 4) is 11.5 Å². The molecule has 0 bridgehead atoms. The molecule has 0 N–H and O–H groups in total. The molecule has 7 heteroatoms. The highest BCUT2D eigenvalue weighted by Gasteiger charge is 2.30. The van der Waals surface area contributed by atoms with Gasteiger partial charge in [-0.1, -0.05) is 39.9 Å². The van der Waals surface area contributed by atoms with Crippen molar-refractivity contribution in [2.45, 2.75) is 6.92 Å². The summed E-state index contributed by atoms with van der Waals surface area (Å²) in [5.41, 5.74) is 0.837. The van der Waals surface area contributed by atoms with Gasteiger partial charge in [0.2, 0.25) is 0 Å². The molecule has 1 saturated heterocycles. The third-order valence-electron chi connectivity index (χ3n) is 2.98. The van der Waals surface area contributed by atoms with Gasteiger partial charge in [-0.05, 0) is 30.7 Å². The van der Waals surface area contributed by atoms with Gasteiger partial charge in [0, 0.05) is 11.0 Å². The van der Waals surface area contributed by atoms with Crippen LogP contribution in [-0.4, -0.2) is 35.9 Å². The first kappa shape index (κ1) is 16.3. The molecule has 0 aliphatic carbocycles. The predicted molar refractivity (Wildman–Crippen MR) is 92.8 cm³/mol. The molecule has 0 spiro atoms. The van der Waals surface area contributed by atoms with E-state index < -0.39 is 0 Å². The highest BCUT2D eigenvalue weighted by molar-refractivity contribution is 9.10. The van der Waals surface area contributed by atoms with Gasteiger partial charge in [-0.2, -0.15) is 0 Å². The summed E-state index contributed by atoms with van der Waals surface area (Å²) in [6.45, 7) is 2.48. The lowest BCUT2D eigenvalue weighted by atomic mass is 10.2. The van der Waals surface area contributed by atoms with Crippen molar-refractivity contribution in [1.29, 1.82) is 0 Å². The maximum atomic E-state index is 12.2. The number of hydrogen-bond acceptors (Lipinski definition) is 5. The minimum atomic E-state index is -0.0609. The summed E-state index contributed by atoms with van der Waals surface area (Å²) in [5.74, 6) is 1.18. The lowest BCUT2D eigenvalue weighted by Crippen LogP contribution is -2.27. The Morgan fingerprint density at radius 1 is 1.33 bits per heavy atom. The molecular formula is C14H14BrNO3S2. The molecule has 1 fully saturated rings. The minimum absolute atomic E-state index is 0.0609. The fourth-order valence-corrected chi connectivity index (χ4v) is 3.71. The molecule has 1 aromatic rings. The summed E-state index contributed by atoms with van der Waals surface area (Å²) in [7, 11) is 3.16. The van der Waals surface area contributed by atoms with E-state index in [9.17, 15) is 4.79 Å². The number of rotatable bonds is 4. The number of benzene rings is 1. The lowest BCUT2D eigenvalue weighted by molar-refractivity contribution is -0.121. The summed E-state index contributed by atoms with van der Waals surface area (Å²) in [4.78, 5) is 14.4. The number of thiocarbonyl (C=S) groups is 1. The Bertz CT molecular complexity index is 631. The second-order valence-corrected chi connectivity index (χ2v) is 6.68. The largest absolute Gasteiger partial charge is 0.493 e. The van der Waals surface area contributed by atoms with Crippen LogP contribution in [0.5, 0.6) is 11.5 Å². The summed E-state index contributed by atoms with van der Waals surface area (Å²) < 4.78 is 11.9. The van der Waals surface area contributed by atoms with Crippen molar-refractivity contribution in [2.24, 2.45) is 0 Å². The normalized spacial score (nSPS) is 16.8. The molecule has 0 saturated carbocycles. The van der Waals surface area contributed by atoms with Crippen LogP contribution in [0.25, 0.3) is 6.08 Å². The quantitative estimate of drug-likeness (QED) is 0.581. The number of nitrogens with zero attached hydrogens (tertiary/aromatic N) is 1. The SMILES string of the molecule is CCN1C(=O)/C(=C\c2cc(OC)c(OC)cc2Br)SC1=S. The van der Waals surface area contributed by atoms with Crippen molar-refractivity contribution < 1.29 is 14.3 Å². The van der Waals surface area contributed by atoms with Crippen LogP contribution < -0.4 is 9.47 Å². The topological polar surface area (TPSA) is 38.8 Å². The number of likely N-dealkylation sites (N-methyl/N-ethyl adjacent to an activating group) is 1. The Morgan fingerprint density at radius 3 is 2.48 bits per heavy atom. The standard InChI is InChI=1S/C14H14BrNO3S2/c1-4-16-13(17)12(21-14(16)20)6-8-5-10(18-2)11(19-3)7-9(8)15/h5-7H,4H2,1-3H3/b12-6+. The van der Waals surface area contributed by atoms with Gasteiger partial charge >= 0.3 is 0 Å². The average molecular weight is 388 g/mol. The van der Waals surface area contributed by atoms with Gasteiger partial charge in [-0.25, -0.2) is 0 Å². The van der Waals surface area contributed by atoms with Crippen LogP contribution >= 0.6 is 39.9 Å². The van der Waals surface area contributed by atoms with Crippen LogP contribution in [0.4, 0.5) is 0 Å². The van der Waals surface area contributed by atoms with Gasteiger partial charge in [0.05, 0.1) is 19.1 Å². The molecular weight excluding hydrogens is 374 g/mol. The van der Waals surface area contributed by atoms with Crippen LogP contribution in [0.3, 0.4) is 0 Å². The number of carbonyl (C=O) groups is 1. The van der Waals surface area contributed by atoms with Crippen molar-refractivity contribution in [1.82, 2.24) is 4.90 Å². The molecule has 112 valence electrons. The van der Waals surface area contributed by atoms with E-state index in [4.69, 9.17) is 21.7 Å². The van der Waals surface area contributed by atoms with Crippen LogP contribution in [-0.2, 0) is 4.79 Å². The van der Waals surface area contributed by atoms with Crippen molar-refractivity contribution in [3.63, 3.8) is 0 Å². The number of halogens is 1. The van der Waals surface area contributed by atoms with Gasteiger partial charge in [0.1, 0.15) is 4.32 Å². The summed E-state index contributed by atoms with van der Waals surface area (Å²) >= 11 is 9.99. The monoisotopic (exact) mass is 387 g/mol. The lowest BCUT2D eigenvalue weighted by Gasteiger charge is -2.11. The molecule has 1 heterocycles. The van der Waals surface area contributed by atoms with Crippen molar-refractivity contribution in [3.05, 3.63) is 27.1 Å². The molecule has 1 amide bonds. The number of carbonyl (C=O) groups excluding carboxylic acids is 1. The third-order valence-corrected chi connectivity index (χ3v) is 5.04. The van der Waals surface area contributed by atoms with Crippen LogP contribution in [0.1, 0.15) is 12.5 Å². The van der Waals surface area contributed by atoms with Gasteiger partial charge in [0.15, 0.2) is 11.5 Å². The first-order chi connectivity index (χ1) is 10.0. The predicted octanol–water partition coefficient (Wildman–Crippen LogP) is 3.69. The number of hydrogen-bond donors (Lipinski definition) is 0. The zero-order valence-electron chi connectivity index (χ0n) is 11.8. The second-order valence-electron chi connectivity index (χ2n) is 4.15. The zero-order chi connectivity index (χ0) is 15.6. The van der Waals surface area contributed by atoms with E-state index in [-0.39, 0.29) is 5.91 Å². The minimum Gasteiger partial charge on any atom is -0.493 e. The molecule has 0 atom stereocenters. The first-order valence-electron chi connectivity index (χ1n) is 6.18. The third kappa shape index (κ3) is 3.25. The molecule has 2 rings (SSSR count). The summed E-state index contributed by atoms with van der Waals surface area (Å²) in [5, 5.41) is 0. The Balaban J connectivity index is 2.42. The zero-order valence-corrected chi connectivity index (χ0v) is 15.0. The molecule has 21 heavy (non-hydrogen) atoms. The fraction of sp³-hybridized carbons (Fsp3) is 0.286. The average Bonchev–Trinajstić information content (AvgIpc) is 2.74. The van der Waals surface area contributed by atoms with Crippen LogP contribution in [0, 0.1) is 0 Å². The molecule has 0 unspecified atom stereocenters. The van der Waals surface area contributed by atoms with E-state index in [1.165, 1.54) is 11.8 Å². The van der Waals surface area contributed by atoms with E-state index in [1.807, 2.05) is 19.1 Å². The van der Waals surface area contributed by atoms with Crippen molar-refractivity contribution in [2.75, 3.05) is 20.8 Å². The van der Waals surface area contributed by atoms with Gasteiger partial charge in [-0.15, -0.1) is 0 Å². The number of thioether (sulfide) groups is 1.